The molecule has 1 saturated heterocycles. The highest BCUT2D eigenvalue weighted by molar-refractivity contribution is 5.10. The zero-order chi connectivity index (χ0) is 13.0. The van der Waals surface area contributed by atoms with Crippen LogP contribution in [0.4, 0.5) is 0 Å². The van der Waals surface area contributed by atoms with Gasteiger partial charge in [-0.3, -0.25) is 9.88 Å². The predicted octanol–water partition coefficient (Wildman–Crippen LogP) is 1.11. The van der Waals surface area contributed by atoms with Gasteiger partial charge in [0, 0.05) is 38.4 Å². The van der Waals surface area contributed by atoms with Crippen molar-refractivity contribution < 1.29 is 0 Å². The van der Waals surface area contributed by atoms with Gasteiger partial charge in [-0.25, -0.2) is 0 Å². The number of hydrogen-bond acceptors (Lipinski definition) is 4. The van der Waals surface area contributed by atoms with Gasteiger partial charge in [0.25, 0.3) is 0 Å². The second-order valence-corrected chi connectivity index (χ2v) is 5.04. The van der Waals surface area contributed by atoms with Crippen molar-refractivity contribution in [3.8, 4) is 0 Å². The van der Waals surface area contributed by atoms with Crippen LogP contribution < -0.4 is 5.73 Å². The molecule has 2 atom stereocenters. The molecule has 1 aliphatic heterocycles. The Morgan fingerprint density at radius 2 is 2.28 bits per heavy atom. The Kier molecular flexibility index (Phi) is 4.69. The van der Waals surface area contributed by atoms with Crippen molar-refractivity contribution in [3.63, 3.8) is 0 Å². The smallest absolute Gasteiger partial charge is 0.0645 e. The van der Waals surface area contributed by atoms with Gasteiger partial charge in [-0.2, -0.15) is 0 Å². The molecule has 1 aliphatic rings. The maximum atomic E-state index is 5.96. The number of nitrogens with two attached hydrogens (primary N) is 1. The van der Waals surface area contributed by atoms with E-state index in [1.165, 1.54) is 6.42 Å². The summed E-state index contributed by atoms with van der Waals surface area (Å²) in [7, 11) is 2.21. The van der Waals surface area contributed by atoms with Gasteiger partial charge in [0.2, 0.25) is 0 Å². The Balaban J connectivity index is 2.09. The number of hydrogen-bond donors (Lipinski definition) is 1. The average molecular weight is 248 g/mol. The summed E-state index contributed by atoms with van der Waals surface area (Å²) < 4.78 is 0. The lowest BCUT2D eigenvalue weighted by Gasteiger charge is -2.42. The molecule has 1 fully saturated rings. The van der Waals surface area contributed by atoms with E-state index in [1.54, 1.807) is 0 Å². The van der Waals surface area contributed by atoms with E-state index in [1.807, 2.05) is 18.3 Å². The number of rotatable bonds is 4. The van der Waals surface area contributed by atoms with Gasteiger partial charge in [0.15, 0.2) is 0 Å². The highest BCUT2D eigenvalue weighted by Crippen LogP contribution is 2.22. The van der Waals surface area contributed by atoms with Crippen LogP contribution in [0.15, 0.2) is 24.4 Å². The monoisotopic (exact) mass is 248 g/mol. The summed E-state index contributed by atoms with van der Waals surface area (Å²) in [6, 6.07) is 6.97. The van der Waals surface area contributed by atoms with Crippen molar-refractivity contribution >= 4 is 0 Å². The summed E-state index contributed by atoms with van der Waals surface area (Å²) in [5, 5.41) is 0. The molecule has 2 unspecified atom stereocenters. The molecule has 4 nitrogen and oxygen atoms in total. The number of aromatic nitrogens is 1. The Hall–Kier alpha value is -0.970. The molecule has 2 N–H and O–H groups in total. The third-order valence-corrected chi connectivity index (χ3v) is 3.97. The summed E-state index contributed by atoms with van der Waals surface area (Å²) in [6.07, 6.45) is 3.04. The molecule has 0 aliphatic carbocycles. The van der Waals surface area contributed by atoms with Gasteiger partial charge < -0.3 is 10.6 Å². The fourth-order valence-electron chi connectivity index (χ4n) is 2.72. The van der Waals surface area contributed by atoms with Gasteiger partial charge in [0.05, 0.1) is 11.7 Å². The highest BCUT2D eigenvalue weighted by Gasteiger charge is 2.28. The summed E-state index contributed by atoms with van der Waals surface area (Å²) >= 11 is 0. The average Bonchev–Trinajstić information content (AvgIpc) is 2.42. The van der Waals surface area contributed by atoms with Crippen LogP contribution in [0.2, 0.25) is 0 Å². The molecular formula is C14H24N4. The SMILES string of the molecule is CCC1CN(C(CN)c2ccccn2)CCN1C. The Morgan fingerprint density at radius 1 is 1.44 bits per heavy atom. The zero-order valence-corrected chi connectivity index (χ0v) is 11.4. The Labute approximate surface area is 110 Å². The van der Waals surface area contributed by atoms with Crippen LogP contribution in [-0.2, 0) is 0 Å². The minimum atomic E-state index is 0.258. The first-order valence-electron chi connectivity index (χ1n) is 6.81. The lowest BCUT2D eigenvalue weighted by molar-refractivity contribution is 0.0631. The summed E-state index contributed by atoms with van der Waals surface area (Å²) in [5.41, 5.74) is 7.06. The fourth-order valence-corrected chi connectivity index (χ4v) is 2.72. The van der Waals surface area contributed by atoms with Crippen molar-refractivity contribution in [3.05, 3.63) is 30.1 Å². The van der Waals surface area contributed by atoms with Crippen molar-refractivity contribution in [2.75, 3.05) is 33.2 Å². The van der Waals surface area contributed by atoms with E-state index in [2.05, 4.69) is 34.8 Å². The van der Waals surface area contributed by atoms with Gasteiger partial charge in [-0.15, -0.1) is 0 Å². The summed E-state index contributed by atoms with van der Waals surface area (Å²) in [5.74, 6) is 0. The third-order valence-electron chi connectivity index (χ3n) is 3.97. The van der Waals surface area contributed by atoms with E-state index >= 15 is 0 Å². The Bertz CT molecular complexity index is 354. The number of likely N-dealkylation sites (N-methyl/N-ethyl adjacent to an activating group) is 1. The van der Waals surface area contributed by atoms with E-state index in [0.29, 0.717) is 12.6 Å². The third kappa shape index (κ3) is 2.88. The molecule has 0 radical (unpaired) electrons. The van der Waals surface area contributed by atoms with Crippen molar-refractivity contribution in [1.29, 1.82) is 0 Å². The molecule has 1 aromatic rings. The van der Waals surface area contributed by atoms with Crippen LogP contribution in [0.5, 0.6) is 0 Å². The lowest BCUT2D eigenvalue weighted by atomic mass is 10.1. The minimum Gasteiger partial charge on any atom is -0.329 e. The van der Waals surface area contributed by atoms with Crippen LogP contribution in [0.3, 0.4) is 0 Å². The molecule has 0 spiro atoms. The largest absolute Gasteiger partial charge is 0.329 e. The first kappa shape index (κ1) is 13.5. The maximum absolute atomic E-state index is 5.96. The topological polar surface area (TPSA) is 45.4 Å². The molecule has 2 rings (SSSR count). The molecule has 2 heterocycles. The quantitative estimate of drug-likeness (QED) is 0.867. The summed E-state index contributed by atoms with van der Waals surface area (Å²) in [6.45, 7) is 6.17. The van der Waals surface area contributed by atoms with Gasteiger partial charge >= 0.3 is 0 Å². The number of pyridine rings is 1. The molecule has 4 heteroatoms. The van der Waals surface area contributed by atoms with E-state index in [4.69, 9.17) is 5.73 Å². The van der Waals surface area contributed by atoms with Crippen molar-refractivity contribution in [2.24, 2.45) is 5.73 Å². The van der Waals surface area contributed by atoms with Crippen molar-refractivity contribution in [2.45, 2.75) is 25.4 Å². The van der Waals surface area contributed by atoms with E-state index in [0.717, 1.165) is 25.3 Å². The summed E-state index contributed by atoms with van der Waals surface area (Å²) in [4.78, 5) is 9.39. The zero-order valence-electron chi connectivity index (χ0n) is 11.4. The van der Waals surface area contributed by atoms with Crippen LogP contribution in [0.25, 0.3) is 0 Å². The predicted molar refractivity (Wildman–Crippen MR) is 74.3 cm³/mol. The fraction of sp³-hybridized carbons (Fsp3) is 0.643. The highest BCUT2D eigenvalue weighted by atomic mass is 15.3. The molecular weight excluding hydrogens is 224 g/mol. The molecule has 0 bridgehead atoms. The van der Waals surface area contributed by atoms with Crippen LogP contribution >= 0.6 is 0 Å². The maximum Gasteiger partial charge on any atom is 0.0645 e. The normalized spacial score (nSPS) is 24.1. The van der Waals surface area contributed by atoms with Crippen LogP contribution in [0.1, 0.15) is 25.1 Å². The number of piperazine rings is 1. The van der Waals surface area contributed by atoms with Crippen LogP contribution in [0, 0.1) is 0 Å². The first-order valence-corrected chi connectivity index (χ1v) is 6.81. The Morgan fingerprint density at radius 3 is 2.89 bits per heavy atom. The van der Waals surface area contributed by atoms with E-state index in [9.17, 15) is 0 Å². The van der Waals surface area contributed by atoms with Crippen molar-refractivity contribution in [1.82, 2.24) is 14.8 Å². The van der Waals surface area contributed by atoms with Gasteiger partial charge in [-0.05, 0) is 25.6 Å². The molecule has 0 aromatic carbocycles. The first-order chi connectivity index (χ1) is 8.76. The van der Waals surface area contributed by atoms with E-state index < -0.39 is 0 Å². The molecule has 0 amide bonds. The second-order valence-electron chi connectivity index (χ2n) is 5.04. The molecule has 100 valence electrons. The molecule has 0 saturated carbocycles. The second kappa shape index (κ2) is 6.27. The lowest BCUT2D eigenvalue weighted by Crippen LogP contribution is -2.53. The molecule has 1 aromatic heterocycles. The number of nitrogens with zero attached hydrogens (tertiary/aromatic N) is 3. The van der Waals surface area contributed by atoms with Gasteiger partial charge in [-0.1, -0.05) is 13.0 Å². The molecule has 18 heavy (non-hydrogen) atoms. The standard InChI is InChI=1S/C14H24N4/c1-3-12-11-18(9-8-17(12)2)14(10-15)13-6-4-5-7-16-13/h4-7,12,14H,3,8-11,15H2,1-2H3. The van der Waals surface area contributed by atoms with E-state index in [-0.39, 0.29) is 6.04 Å². The minimum absolute atomic E-state index is 0.258. The van der Waals surface area contributed by atoms with Crippen LogP contribution in [-0.4, -0.2) is 54.1 Å². The van der Waals surface area contributed by atoms with Gasteiger partial charge in [0.1, 0.15) is 0 Å².